The lowest BCUT2D eigenvalue weighted by atomic mass is 10.1. The van der Waals surface area contributed by atoms with Crippen molar-refractivity contribution in [2.75, 3.05) is 13.2 Å². The highest BCUT2D eigenvalue weighted by Crippen LogP contribution is 2.17. The van der Waals surface area contributed by atoms with Gasteiger partial charge in [0.15, 0.2) is 5.82 Å². The maximum Gasteiger partial charge on any atom is 0.320 e. The lowest BCUT2D eigenvalue weighted by Gasteiger charge is -2.00. The van der Waals surface area contributed by atoms with Crippen LogP contribution in [0.2, 0.25) is 5.35 Å². The molecule has 1 unspecified atom stereocenters. The molecule has 4 nitrogen and oxygen atoms in total. The summed E-state index contributed by atoms with van der Waals surface area (Å²) in [7, 11) is 0. The molecular weight excluding hydrogens is 180 g/mol. The molecule has 1 aromatic rings. The average Bonchev–Trinajstić information content (AvgIpc) is 2.63. The fourth-order valence-corrected chi connectivity index (χ4v) is 1.45. The van der Waals surface area contributed by atoms with E-state index >= 15 is 0 Å². The van der Waals surface area contributed by atoms with Crippen molar-refractivity contribution in [2.24, 2.45) is 5.92 Å². The summed E-state index contributed by atoms with van der Waals surface area (Å²) in [6.45, 7) is 1.64. The molecule has 2 heterocycles. The van der Waals surface area contributed by atoms with E-state index in [0.717, 1.165) is 26.1 Å². The van der Waals surface area contributed by atoms with Crippen molar-refractivity contribution in [1.29, 1.82) is 0 Å². The summed E-state index contributed by atoms with van der Waals surface area (Å²) in [5, 5.41) is 3.82. The van der Waals surface area contributed by atoms with Crippen LogP contribution in [0.4, 0.5) is 0 Å². The first-order valence-corrected chi connectivity index (χ1v) is 4.28. The molecule has 2 rings (SSSR count). The van der Waals surface area contributed by atoms with Gasteiger partial charge < -0.3 is 9.26 Å². The normalized spacial score (nSPS) is 23.2. The molecule has 1 aromatic heterocycles. The van der Waals surface area contributed by atoms with Crippen LogP contribution in [-0.4, -0.2) is 23.4 Å². The van der Waals surface area contributed by atoms with Gasteiger partial charge >= 0.3 is 5.35 Å². The summed E-state index contributed by atoms with van der Waals surface area (Å²) in [6.07, 6.45) is 1.88. The van der Waals surface area contributed by atoms with Crippen LogP contribution in [0.5, 0.6) is 0 Å². The number of halogens is 1. The van der Waals surface area contributed by atoms with E-state index in [1.807, 2.05) is 0 Å². The minimum absolute atomic E-state index is 0.115. The topological polar surface area (TPSA) is 48.2 Å². The van der Waals surface area contributed by atoms with E-state index in [2.05, 4.69) is 14.7 Å². The highest BCUT2D eigenvalue weighted by atomic mass is 35.5. The zero-order valence-corrected chi connectivity index (χ0v) is 7.25. The SMILES string of the molecule is Clc1nc(CC2CCOC2)no1. The predicted octanol–water partition coefficient (Wildman–Crippen LogP) is 1.30. The van der Waals surface area contributed by atoms with Gasteiger partial charge in [0.2, 0.25) is 0 Å². The lowest BCUT2D eigenvalue weighted by Crippen LogP contribution is -2.04. The second-order valence-corrected chi connectivity index (χ2v) is 3.22. The van der Waals surface area contributed by atoms with Gasteiger partial charge in [0.05, 0.1) is 0 Å². The molecule has 1 aliphatic heterocycles. The van der Waals surface area contributed by atoms with Crippen molar-refractivity contribution < 1.29 is 9.26 Å². The molecule has 12 heavy (non-hydrogen) atoms. The molecule has 1 atom stereocenters. The Kier molecular flexibility index (Phi) is 2.28. The number of rotatable bonds is 2. The minimum atomic E-state index is 0.115. The first kappa shape index (κ1) is 8.01. The summed E-state index contributed by atoms with van der Waals surface area (Å²) in [4.78, 5) is 3.91. The number of nitrogens with zero attached hydrogens (tertiary/aromatic N) is 2. The maximum absolute atomic E-state index is 5.47. The second kappa shape index (κ2) is 3.41. The van der Waals surface area contributed by atoms with Crippen LogP contribution < -0.4 is 0 Å². The first-order chi connectivity index (χ1) is 5.84. The maximum atomic E-state index is 5.47. The third-order valence-electron chi connectivity index (χ3n) is 1.94. The molecule has 0 spiro atoms. The van der Waals surface area contributed by atoms with Crippen molar-refractivity contribution in [3.63, 3.8) is 0 Å². The van der Waals surface area contributed by atoms with Crippen molar-refractivity contribution >= 4 is 11.6 Å². The molecule has 0 amide bonds. The van der Waals surface area contributed by atoms with Gasteiger partial charge in [-0.3, -0.25) is 0 Å². The molecule has 0 N–H and O–H groups in total. The van der Waals surface area contributed by atoms with E-state index in [0.29, 0.717) is 11.7 Å². The van der Waals surface area contributed by atoms with E-state index < -0.39 is 0 Å². The van der Waals surface area contributed by atoms with Gasteiger partial charge in [0.1, 0.15) is 0 Å². The largest absolute Gasteiger partial charge is 0.381 e. The van der Waals surface area contributed by atoms with Gasteiger partial charge in [-0.25, -0.2) is 0 Å². The zero-order chi connectivity index (χ0) is 8.39. The Labute approximate surface area is 74.9 Å². The van der Waals surface area contributed by atoms with E-state index in [9.17, 15) is 0 Å². The molecule has 5 heteroatoms. The molecule has 0 aliphatic carbocycles. The first-order valence-electron chi connectivity index (χ1n) is 3.90. The highest BCUT2D eigenvalue weighted by molar-refractivity contribution is 6.27. The fourth-order valence-electron chi connectivity index (χ4n) is 1.32. The molecule has 1 saturated heterocycles. The molecule has 66 valence electrons. The van der Waals surface area contributed by atoms with Crippen LogP contribution >= 0.6 is 11.6 Å². The van der Waals surface area contributed by atoms with Gasteiger partial charge in [0, 0.05) is 19.6 Å². The Balaban J connectivity index is 1.94. The van der Waals surface area contributed by atoms with Crippen molar-refractivity contribution in [3.05, 3.63) is 11.2 Å². The van der Waals surface area contributed by atoms with Gasteiger partial charge in [0.25, 0.3) is 0 Å². The Bertz CT molecular complexity index is 258. The van der Waals surface area contributed by atoms with Gasteiger partial charge in [-0.05, 0) is 23.9 Å². The highest BCUT2D eigenvalue weighted by Gasteiger charge is 2.18. The van der Waals surface area contributed by atoms with Gasteiger partial charge in [-0.2, -0.15) is 4.98 Å². The number of ether oxygens (including phenoxy) is 1. The number of aromatic nitrogens is 2. The lowest BCUT2D eigenvalue weighted by molar-refractivity contribution is 0.185. The Morgan fingerprint density at radius 2 is 2.50 bits per heavy atom. The van der Waals surface area contributed by atoms with Crippen LogP contribution in [0, 0.1) is 5.92 Å². The van der Waals surface area contributed by atoms with Crippen LogP contribution in [0.3, 0.4) is 0 Å². The Morgan fingerprint density at radius 3 is 3.08 bits per heavy atom. The van der Waals surface area contributed by atoms with E-state index in [4.69, 9.17) is 16.3 Å². The molecule has 1 fully saturated rings. The van der Waals surface area contributed by atoms with Crippen molar-refractivity contribution in [2.45, 2.75) is 12.8 Å². The van der Waals surface area contributed by atoms with Gasteiger partial charge in [-0.15, -0.1) is 0 Å². The van der Waals surface area contributed by atoms with E-state index in [1.54, 1.807) is 0 Å². The van der Waals surface area contributed by atoms with Crippen LogP contribution in [0.1, 0.15) is 12.2 Å². The van der Waals surface area contributed by atoms with E-state index in [-0.39, 0.29) is 5.35 Å². The number of hydrogen-bond donors (Lipinski definition) is 0. The van der Waals surface area contributed by atoms with Gasteiger partial charge in [-0.1, -0.05) is 5.16 Å². The predicted molar refractivity (Wildman–Crippen MR) is 41.9 cm³/mol. The molecule has 1 aliphatic rings. The minimum Gasteiger partial charge on any atom is -0.381 e. The summed E-state index contributed by atoms with van der Waals surface area (Å²) in [6, 6.07) is 0. The molecule has 0 aromatic carbocycles. The molecule has 0 bridgehead atoms. The summed E-state index contributed by atoms with van der Waals surface area (Å²) >= 11 is 5.47. The van der Waals surface area contributed by atoms with E-state index in [1.165, 1.54) is 0 Å². The summed E-state index contributed by atoms with van der Waals surface area (Å²) in [5.41, 5.74) is 0. The summed E-state index contributed by atoms with van der Waals surface area (Å²) in [5.74, 6) is 1.20. The molecular formula is C7H9ClN2O2. The fraction of sp³-hybridized carbons (Fsp3) is 0.714. The average molecular weight is 189 g/mol. The molecule has 0 saturated carbocycles. The number of hydrogen-bond acceptors (Lipinski definition) is 4. The van der Waals surface area contributed by atoms with Crippen LogP contribution in [0.25, 0.3) is 0 Å². The standard InChI is InChI=1S/C7H9ClN2O2/c8-7-9-6(10-12-7)3-5-1-2-11-4-5/h5H,1-4H2. The third kappa shape index (κ3) is 1.76. The van der Waals surface area contributed by atoms with Crippen molar-refractivity contribution in [1.82, 2.24) is 10.1 Å². The second-order valence-electron chi connectivity index (χ2n) is 2.90. The van der Waals surface area contributed by atoms with Crippen LogP contribution in [0.15, 0.2) is 4.52 Å². The van der Waals surface area contributed by atoms with Crippen LogP contribution in [-0.2, 0) is 11.2 Å². The zero-order valence-electron chi connectivity index (χ0n) is 6.49. The quantitative estimate of drug-likeness (QED) is 0.702. The monoisotopic (exact) mass is 188 g/mol. The Morgan fingerprint density at radius 1 is 1.58 bits per heavy atom. The summed E-state index contributed by atoms with van der Waals surface area (Å²) < 4.78 is 9.86. The van der Waals surface area contributed by atoms with Crippen molar-refractivity contribution in [3.8, 4) is 0 Å². The third-order valence-corrected chi connectivity index (χ3v) is 2.09. The Hall–Kier alpha value is -0.610. The smallest absolute Gasteiger partial charge is 0.320 e. The molecule has 0 radical (unpaired) electrons.